The van der Waals surface area contributed by atoms with Crippen molar-refractivity contribution in [2.24, 2.45) is 0 Å². The average molecular weight is 451 g/mol. The number of phenolic OH excluding ortho intramolecular Hbond substituents is 2. The molecule has 1 aliphatic heterocycles. The lowest BCUT2D eigenvalue weighted by Gasteiger charge is -2.29. The van der Waals surface area contributed by atoms with E-state index in [1.165, 1.54) is 0 Å². The maximum absolute atomic E-state index is 14.3. The molecule has 160 valence electrons. The van der Waals surface area contributed by atoms with Gasteiger partial charge in [-0.15, -0.1) is 0 Å². The molecule has 5 heteroatoms. The Bertz CT molecular complexity index is 1690. The van der Waals surface area contributed by atoms with Gasteiger partial charge in [0.2, 0.25) is 0 Å². The Morgan fingerprint density at radius 3 is 1.64 bits per heavy atom. The van der Waals surface area contributed by atoms with Crippen LogP contribution in [-0.4, -0.2) is 18.6 Å². The van der Waals surface area contributed by atoms with Crippen molar-refractivity contribution < 1.29 is 18.6 Å². The third kappa shape index (κ3) is 2.04. The number of phenols is 2. The first-order valence-corrected chi connectivity index (χ1v) is 12.4. The van der Waals surface area contributed by atoms with E-state index < -0.39 is 14.6 Å². The van der Waals surface area contributed by atoms with E-state index in [-0.39, 0.29) is 17.3 Å². The fourth-order valence-electron chi connectivity index (χ4n) is 6.07. The topological polar surface area (TPSA) is 74.6 Å². The summed E-state index contributed by atoms with van der Waals surface area (Å²) in [6.07, 6.45) is 0. The van der Waals surface area contributed by atoms with Crippen molar-refractivity contribution in [3.05, 3.63) is 107 Å². The van der Waals surface area contributed by atoms with Crippen LogP contribution in [0.4, 0.5) is 0 Å². The Hall–Kier alpha value is -3.83. The minimum atomic E-state index is -3.74. The second kappa shape index (κ2) is 5.94. The molecule has 0 atom stereocenters. The highest BCUT2D eigenvalue weighted by Gasteiger charge is 2.60. The van der Waals surface area contributed by atoms with Crippen LogP contribution >= 0.6 is 0 Å². The molecule has 0 saturated heterocycles. The van der Waals surface area contributed by atoms with Crippen LogP contribution in [-0.2, 0) is 20.3 Å². The second-order valence-electron chi connectivity index (χ2n) is 8.83. The Kier molecular flexibility index (Phi) is 3.37. The Morgan fingerprint density at radius 1 is 0.636 bits per heavy atom. The number of hydrogen-bond acceptors (Lipinski definition) is 4. The number of benzene rings is 5. The molecule has 2 aliphatic rings. The van der Waals surface area contributed by atoms with Gasteiger partial charge in [-0.3, -0.25) is 0 Å². The molecule has 1 aliphatic carbocycles. The van der Waals surface area contributed by atoms with Gasteiger partial charge in [0.15, 0.2) is 9.84 Å². The zero-order valence-electron chi connectivity index (χ0n) is 17.4. The van der Waals surface area contributed by atoms with E-state index in [2.05, 4.69) is 0 Å². The molecule has 33 heavy (non-hydrogen) atoms. The standard InChI is InChI=1S/C28H18O4S/c29-24-13-21-22-14-25(30)18-9-3-5-11-20(18)27(22)28(26(21)19-10-4-2-8-17(19)24)23-12-6-1-7-16(23)15-33(28,31)32/h1-14,29-30H,15H2. The molecule has 4 nitrogen and oxygen atoms in total. The van der Waals surface area contributed by atoms with Crippen molar-refractivity contribution in [3.63, 3.8) is 0 Å². The highest BCUT2D eigenvalue weighted by molar-refractivity contribution is 7.92. The first-order chi connectivity index (χ1) is 15.9. The molecule has 5 aromatic carbocycles. The van der Waals surface area contributed by atoms with Crippen molar-refractivity contribution >= 4 is 31.4 Å². The van der Waals surface area contributed by atoms with Crippen LogP contribution < -0.4 is 0 Å². The minimum Gasteiger partial charge on any atom is -0.507 e. The van der Waals surface area contributed by atoms with Gasteiger partial charge in [0.05, 0.1) is 5.75 Å². The van der Waals surface area contributed by atoms with Gasteiger partial charge in [-0.2, -0.15) is 0 Å². The highest BCUT2D eigenvalue weighted by atomic mass is 32.2. The fourth-order valence-corrected chi connectivity index (χ4v) is 8.55. The van der Waals surface area contributed by atoms with E-state index in [0.29, 0.717) is 43.8 Å². The van der Waals surface area contributed by atoms with Gasteiger partial charge in [0.1, 0.15) is 16.2 Å². The molecule has 0 radical (unpaired) electrons. The third-order valence-corrected chi connectivity index (χ3v) is 9.50. The molecule has 1 spiro atoms. The molecule has 0 unspecified atom stereocenters. The molecule has 0 saturated carbocycles. The molecule has 0 amide bonds. The quantitative estimate of drug-likeness (QED) is 0.322. The molecule has 0 fully saturated rings. The van der Waals surface area contributed by atoms with Gasteiger partial charge >= 0.3 is 0 Å². The molecule has 1 heterocycles. The summed E-state index contributed by atoms with van der Waals surface area (Å²) in [4.78, 5) is 0. The van der Waals surface area contributed by atoms with E-state index in [9.17, 15) is 18.6 Å². The predicted molar refractivity (Wildman–Crippen MR) is 129 cm³/mol. The summed E-state index contributed by atoms with van der Waals surface area (Å²) in [7, 11) is -3.74. The molecule has 0 bridgehead atoms. The van der Waals surface area contributed by atoms with E-state index >= 15 is 0 Å². The van der Waals surface area contributed by atoms with Crippen molar-refractivity contribution in [3.8, 4) is 22.6 Å². The summed E-state index contributed by atoms with van der Waals surface area (Å²) in [5, 5.41) is 24.4. The van der Waals surface area contributed by atoms with Crippen LogP contribution in [0.1, 0.15) is 22.3 Å². The lowest BCUT2D eigenvalue weighted by molar-refractivity contribution is 0.480. The first-order valence-electron chi connectivity index (χ1n) is 10.8. The van der Waals surface area contributed by atoms with Gasteiger partial charge in [-0.25, -0.2) is 8.42 Å². The van der Waals surface area contributed by atoms with Crippen LogP contribution in [0.5, 0.6) is 11.5 Å². The van der Waals surface area contributed by atoms with E-state index in [4.69, 9.17) is 0 Å². The zero-order chi connectivity index (χ0) is 22.5. The monoisotopic (exact) mass is 450 g/mol. The molecule has 0 aromatic heterocycles. The summed E-state index contributed by atoms with van der Waals surface area (Å²) in [5.74, 6) is 0.110. The molecule has 7 rings (SSSR count). The lowest BCUT2D eigenvalue weighted by Crippen LogP contribution is -2.33. The number of aromatic hydroxyl groups is 2. The second-order valence-corrected chi connectivity index (χ2v) is 11.0. The molecule has 2 N–H and O–H groups in total. The van der Waals surface area contributed by atoms with Crippen LogP contribution in [0.3, 0.4) is 0 Å². The smallest absolute Gasteiger partial charge is 0.172 e. The van der Waals surface area contributed by atoms with Gasteiger partial charge < -0.3 is 10.2 Å². The first kappa shape index (κ1) is 18.7. The normalized spacial score (nSPS) is 16.7. The van der Waals surface area contributed by atoms with E-state index in [0.717, 1.165) is 11.1 Å². The van der Waals surface area contributed by atoms with E-state index in [1.807, 2.05) is 72.8 Å². The highest BCUT2D eigenvalue weighted by Crippen LogP contribution is 2.64. The van der Waals surface area contributed by atoms with Crippen LogP contribution in [0.25, 0.3) is 32.7 Å². The van der Waals surface area contributed by atoms with Crippen LogP contribution in [0, 0.1) is 0 Å². The van der Waals surface area contributed by atoms with Crippen molar-refractivity contribution in [2.75, 3.05) is 0 Å². The van der Waals surface area contributed by atoms with Crippen molar-refractivity contribution in [1.29, 1.82) is 0 Å². The number of hydrogen-bond donors (Lipinski definition) is 2. The number of fused-ring (bicyclic) bond motifs is 11. The number of rotatable bonds is 0. The Morgan fingerprint density at radius 2 is 1.09 bits per heavy atom. The van der Waals surface area contributed by atoms with Crippen molar-refractivity contribution in [1.82, 2.24) is 0 Å². The SMILES string of the molecule is O=S1(=O)Cc2ccccc2C12c1c(cc(O)c3ccccc13)-c1cc(O)c3ccccc3c12. The minimum absolute atomic E-state index is 0.0630. The molecular formula is C28H18O4S. The van der Waals surface area contributed by atoms with Gasteiger partial charge in [-0.05, 0) is 56.3 Å². The Balaban J connectivity index is 1.83. The summed E-state index contributed by atoms with van der Waals surface area (Å²) in [6.45, 7) is 0. The zero-order valence-corrected chi connectivity index (χ0v) is 18.2. The van der Waals surface area contributed by atoms with Gasteiger partial charge in [0.25, 0.3) is 0 Å². The van der Waals surface area contributed by atoms with Gasteiger partial charge in [0, 0.05) is 10.8 Å². The lowest BCUT2D eigenvalue weighted by atomic mass is 9.82. The average Bonchev–Trinajstić information content (AvgIpc) is 3.24. The van der Waals surface area contributed by atoms with Crippen LogP contribution in [0.15, 0.2) is 84.9 Å². The molecular weight excluding hydrogens is 432 g/mol. The maximum atomic E-state index is 14.3. The summed E-state index contributed by atoms with van der Waals surface area (Å²) in [6, 6.07) is 25.6. The van der Waals surface area contributed by atoms with Crippen LogP contribution in [0.2, 0.25) is 0 Å². The summed E-state index contributed by atoms with van der Waals surface area (Å²) >= 11 is 0. The van der Waals surface area contributed by atoms with Gasteiger partial charge in [-0.1, -0.05) is 72.8 Å². The number of sulfone groups is 1. The predicted octanol–water partition coefficient (Wildman–Crippen LogP) is 5.60. The summed E-state index contributed by atoms with van der Waals surface area (Å²) in [5.41, 5.74) is 4.13. The Labute approximate surface area is 190 Å². The largest absolute Gasteiger partial charge is 0.507 e. The van der Waals surface area contributed by atoms with E-state index in [1.54, 1.807) is 12.1 Å². The summed E-state index contributed by atoms with van der Waals surface area (Å²) < 4.78 is 27.2. The van der Waals surface area contributed by atoms with Crippen molar-refractivity contribution in [2.45, 2.75) is 10.5 Å². The third-order valence-electron chi connectivity index (χ3n) is 7.25. The maximum Gasteiger partial charge on any atom is 0.172 e. The fraction of sp³-hybridized carbons (Fsp3) is 0.0714. The molecule has 5 aromatic rings.